The Hall–Kier alpha value is -1.82. The molecular weight excluding hydrogens is 332 g/mol. The maximum absolute atomic E-state index is 12.7. The van der Waals surface area contributed by atoms with E-state index in [1.54, 1.807) is 0 Å². The van der Waals surface area contributed by atoms with Crippen LogP contribution in [0.2, 0.25) is 0 Å². The van der Waals surface area contributed by atoms with Gasteiger partial charge in [-0.05, 0) is 51.7 Å². The first kappa shape index (κ1) is 18.0. The lowest BCUT2D eigenvalue weighted by Crippen LogP contribution is -2.24. The van der Waals surface area contributed by atoms with Gasteiger partial charge >= 0.3 is 0 Å². The zero-order valence-corrected chi connectivity index (χ0v) is 16.2. The van der Waals surface area contributed by atoms with E-state index in [0.29, 0.717) is 0 Å². The van der Waals surface area contributed by atoms with Crippen LogP contribution in [0.4, 0.5) is 5.69 Å². The highest BCUT2D eigenvalue weighted by molar-refractivity contribution is 8.00. The smallest absolute Gasteiger partial charge is 0.237 e. The number of aryl methyl sites for hydroxylation is 4. The molecule has 2 aromatic rings. The van der Waals surface area contributed by atoms with E-state index in [1.165, 1.54) is 30.2 Å². The third-order valence-electron chi connectivity index (χ3n) is 4.65. The van der Waals surface area contributed by atoms with Crippen LogP contribution in [-0.2, 0) is 17.8 Å². The minimum absolute atomic E-state index is 0.00558. The van der Waals surface area contributed by atoms with Crippen molar-refractivity contribution in [3.8, 4) is 0 Å². The number of fused-ring (bicyclic) bond motifs is 1. The third-order valence-corrected chi connectivity index (χ3v) is 5.73. The number of nitrogens with one attached hydrogen (secondary N) is 1. The number of carbonyl (C=O) groups is 1. The first-order valence-electron chi connectivity index (χ1n) is 8.93. The van der Waals surface area contributed by atoms with Crippen LogP contribution in [0.15, 0.2) is 17.3 Å². The van der Waals surface area contributed by atoms with Crippen molar-refractivity contribution < 1.29 is 4.79 Å². The molecule has 1 aliphatic rings. The van der Waals surface area contributed by atoms with Gasteiger partial charge in [0, 0.05) is 18.7 Å². The topological polar surface area (TPSA) is 59.8 Å². The Bertz CT molecular complexity index is 761. The van der Waals surface area contributed by atoms with Crippen LogP contribution in [0, 0.1) is 20.8 Å². The summed E-state index contributed by atoms with van der Waals surface area (Å²) in [6, 6.07) is 4.19. The number of nitrogens with zero attached hydrogens (tertiary/aromatic N) is 3. The van der Waals surface area contributed by atoms with Crippen LogP contribution < -0.4 is 5.32 Å². The van der Waals surface area contributed by atoms with Gasteiger partial charge in [0.2, 0.25) is 5.91 Å². The summed E-state index contributed by atoms with van der Waals surface area (Å²) in [5, 5.41) is 12.3. The first-order chi connectivity index (χ1) is 12.0. The molecule has 0 radical (unpaired) electrons. The molecule has 0 aliphatic carbocycles. The summed E-state index contributed by atoms with van der Waals surface area (Å²) < 4.78 is 2.18. The first-order valence-corrected chi connectivity index (χ1v) is 9.81. The second-order valence-electron chi connectivity index (χ2n) is 6.88. The van der Waals surface area contributed by atoms with E-state index in [9.17, 15) is 4.79 Å². The van der Waals surface area contributed by atoms with Crippen molar-refractivity contribution in [1.29, 1.82) is 0 Å². The summed E-state index contributed by atoms with van der Waals surface area (Å²) in [5.41, 5.74) is 4.32. The Balaban J connectivity index is 1.71. The quantitative estimate of drug-likeness (QED) is 0.838. The van der Waals surface area contributed by atoms with E-state index in [-0.39, 0.29) is 11.2 Å². The Labute approximate surface area is 153 Å². The molecule has 2 heterocycles. The van der Waals surface area contributed by atoms with Crippen molar-refractivity contribution in [3.63, 3.8) is 0 Å². The van der Waals surface area contributed by atoms with Gasteiger partial charge in [-0.15, -0.1) is 10.2 Å². The molecule has 1 aromatic carbocycles. The van der Waals surface area contributed by atoms with Gasteiger partial charge in [-0.3, -0.25) is 4.79 Å². The summed E-state index contributed by atoms with van der Waals surface area (Å²) in [6.07, 6.45) is 4.54. The van der Waals surface area contributed by atoms with Crippen LogP contribution in [0.3, 0.4) is 0 Å². The predicted octanol–water partition coefficient (Wildman–Crippen LogP) is 4.05. The van der Waals surface area contributed by atoms with E-state index in [1.807, 2.05) is 20.8 Å². The van der Waals surface area contributed by atoms with Crippen LogP contribution in [0.1, 0.15) is 48.7 Å². The number of thioether (sulfide) groups is 1. The van der Waals surface area contributed by atoms with E-state index in [4.69, 9.17) is 0 Å². The predicted molar refractivity (Wildman–Crippen MR) is 102 cm³/mol. The maximum atomic E-state index is 12.7. The number of rotatable bonds is 4. The van der Waals surface area contributed by atoms with E-state index in [2.05, 4.69) is 39.1 Å². The summed E-state index contributed by atoms with van der Waals surface area (Å²) in [6.45, 7) is 9.02. The molecule has 25 heavy (non-hydrogen) atoms. The lowest BCUT2D eigenvalue weighted by molar-refractivity contribution is -0.115. The van der Waals surface area contributed by atoms with Crippen molar-refractivity contribution in [1.82, 2.24) is 14.8 Å². The molecule has 1 aliphatic heterocycles. The fourth-order valence-corrected chi connectivity index (χ4v) is 4.25. The minimum Gasteiger partial charge on any atom is -0.325 e. The van der Waals surface area contributed by atoms with Crippen LogP contribution in [-0.4, -0.2) is 25.9 Å². The molecule has 0 bridgehead atoms. The average molecular weight is 359 g/mol. The molecule has 0 unspecified atom stereocenters. The van der Waals surface area contributed by atoms with Crippen molar-refractivity contribution >= 4 is 23.4 Å². The number of anilines is 1. The van der Waals surface area contributed by atoms with Gasteiger partial charge in [-0.1, -0.05) is 35.9 Å². The lowest BCUT2D eigenvalue weighted by Gasteiger charge is -2.16. The van der Waals surface area contributed by atoms with E-state index < -0.39 is 0 Å². The average Bonchev–Trinajstić information content (AvgIpc) is 2.78. The molecule has 6 heteroatoms. The fourth-order valence-electron chi connectivity index (χ4n) is 3.36. The zero-order chi connectivity index (χ0) is 18.0. The van der Waals surface area contributed by atoms with Crippen molar-refractivity contribution in [2.75, 3.05) is 5.32 Å². The SMILES string of the molecule is Cc1cc(C)c(NC(=O)[C@H](C)Sc2nnc3n2CCCCC3)c(C)c1. The van der Waals surface area contributed by atoms with Crippen LogP contribution in [0.25, 0.3) is 0 Å². The van der Waals surface area contributed by atoms with Crippen molar-refractivity contribution in [2.45, 2.75) is 70.3 Å². The Morgan fingerprint density at radius 1 is 1.16 bits per heavy atom. The van der Waals surface area contributed by atoms with Gasteiger partial charge in [0.1, 0.15) is 5.82 Å². The summed E-state index contributed by atoms with van der Waals surface area (Å²) >= 11 is 1.49. The normalized spacial score (nSPS) is 15.4. The second-order valence-corrected chi connectivity index (χ2v) is 8.19. The molecule has 0 saturated heterocycles. The number of hydrogen-bond acceptors (Lipinski definition) is 4. The molecule has 1 N–H and O–H groups in total. The third kappa shape index (κ3) is 4.06. The van der Waals surface area contributed by atoms with Gasteiger partial charge in [-0.2, -0.15) is 0 Å². The Kier molecular flexibility index (Phi) is 5.47. The molecule has 5 nitrogen and oxygen atoms in total. The monoisotopic (exact) mass is 358 g/mol. The summed E-state index contributed by atoms with van der Waals surface area (Å²) in [4.78, 5) is 12.7. The maximum Gasteiger partial charge on any atom is 0.237 e. The van der Waals surface area contributed by atoms with E-state index in [0.717, 1.165) is 47.2 Å². The van der Waals surface area contributed by atoms with Crippen LogP contribution in [0.5, 0.6) is 0 Å². The highest BCUT2D eigenvalue weighted by Gasteiger charge is 2.22. The molecule has 3 rings (SSSR count). The standard InChI is InChI=1S/C19H26N4OS/c1-12-10-13(2)17(14(3)11-12)20-18(24)15(4)25-19-22-21-16-8-6-5-7-9-23(16)19/h10-11,15H,5-9H2,1-4H3,(H,20,24)/t15-/m0/s1. The summed E-state index contributed by atoms with van der Waals surface area (Å²) in [5.74, 6) is 1.06. The molecule has 0 spiro atoms. The highest BCUT2D eigenvalue weighted by Crippen LogP contribution is 2.27. The lowest BCUT2D eigenvalue weighted by atomic mass is 10.1. The molecule has 0 saturated carbocycles. The number of amides is 1. The van der Waals surface area contributed by atoms with Crippen molar-refractivity contribution in [3.05, 3.63) is 34.6 Å². The van der Waals surface area contributed by atoms with Gasteiger partial charge in [0.15, 0.2) is 5.16 Å². The summed E-state index contributed by atoms with van der Waals surface area (Å²) in [7, 11) is 0. The molecular formula is C19H26N4OS. The van der Waals surface area contributed by atoms with Gasteiger partial charge in [-0.25, -0.2) is 0 Å². The molecule has 1 amide bonds. The number of carbonyl (C=O) groups excluding carboxylic acids is 1. The Morgan fingerprint density at radius 3 is 2.60 bits per heavy atom. The second kappa shape index (κ2) is 7.60. The number of hydrogen-bond donors (Lipinski definition) is 1. The molecule has 1 atom stereocenters. The zero-order valence-electron chi connectivity index (χ0n) is 15.4. The molecule has 134 valence electrons. The van der Waals surface area contributed by atoms with Crippen LogP contribution >= 0.6 is 11.8 Å². The van der Waals surface area contributed by atoms with Gasteiger partial charge in [0.25, 0.3) is 0 Å². The number of aromatic nitrogens is 3. The van der Waals surface area contributed by atoms with Gasteiger partial charge in [0.05, 0.1) is 5.25 Å². The fraction of sp³-hybridized carbons (Fsp3) is 0.526. The molecule has 0 fully saturated rings. The van der Waals surface area contributed by atoms with Gasteiger partial charge < -0.3 is 9.88 Å². The Morgan fingerprint density at radius 2 is 1.88 bits per heavy atom. The highest BCUT2D eigenvalue weighted by atomic mass is 32.2. The largest absolute Gasteiger partial charge is 0.325 e. The minimum atomic E-state index is -0.225. The molecule has 1 aromatic heterocycles. The van der Waals surface area contributed by atoms with E-state index >= 15 is 0 Å². The number of benzene rings is 1. The van der Waals surface area contributed by atoms with Crippen molar-refractivity contribution in [2.24, 2.45) is 0 Å².